The standard InChI is InChI=1S/C23H21N5O2S/c29-22(27-23-25-18(15-31-23)14-28-9-11-30-12-10-28)19-5-1-3-16-6-7-20(26-21(16)19)17-4-2-8-24-13-17/h1-8,13,15H,9-12,14H2,(H,25,27,29). The summed E-state index contributed by atoms with van der Waals surface area (Å²) in [6.45, 7) is 4.08. The van der Waals surface area contributed by atoms with Gasteiger partial charge in [0, 0.05) is 48.4 Å². The Bertz CT molecular complexity index is 1210. The normalized spacial score (nSPS) is 14.6. The topological polar surface area (TPSA) is 80.2 Å². The van der Waals surface area contributed by atoms with Crippen LogP contribution < -0.4 is 5.32 Å². The first-order chi connectivity index (χ1) is 15.3. The fourth-order valence-corrected chi connectivity index (χ4v) is 4.29. The number of nitrogens with one attached hydrogen (secondary N) is 1. The third kappa shape index (κ3) is 4.46. The molecule has 3 aromatic heterocycles. The predicted octanol–water partition coefficient (Wildman–Crippen LogP) is 3.84. The molecular formula is C23H21N5O2S. The molecule has 0 bridgehead atoms. The number of morpholine rings is 1. The number of para-hydroxylation sites is 1. The molecule has 1 aromatic carbocycles. The minimum absolute atomic E-state index is 0.214. The Morgan fingerprint density at radius 3 is 2.84 bits per heavy atom. The average molecular weight is 432 g/mol. The first kappa shape index (κ1) is 19.7. The molecule has 31 heavy (non-hydrogen) atoms. The molecule has 0 saturated carbocycles. The van der Waals surface area contributed by atoms with Gasteiger partial charge in [0.15, 0.2) is 5.13 Å². The van der Waals surface area contributed by atoms with E-state index in [4.69, 9.17) is 9.72 Å². The molecule has 0 atom stereocenters. The van der Waals surface area contributed by atoms with Crippen LogP contribution in [0.25, 0.3) is 22.2 Å². The van der Waals surface area contributed by atoms with Gasteiger partial charge in [-0.15, -0.1) is 11.3 Å². The van der Waals surface area contributed by atoms with Gasteiger partial charge in [0.2, 0.25) is 0 Å². The van der Waals surface area contributed by atoms with E-state index in [0.29, 0.717) is 16.2 Å². The van der Waals surface area contributed by atoms with Gasteiger partial charge < -0.3 is 4.74 Å². The van der Waals surface area contributed by atoms with E-state index in [0.717, 1.165) is 55.2 Å². The van der Waals surface area contributed by atoms with Crippen molar-refractivity contribution in [1.82, 2.24) is 19.9 Å². The van der Waals surface area contributed by atoms with Crippen molar-refractivity contribution in [2.45, 2.75) is 6.54 Å². The zero-order valence-corrected chi connectivity index (χ0v) is 17.6. The van der Waals surface area contributed by atoms with Crippen LogP contribution >= 0.6 is 11.3 Å². The molecule has 0 radical (unpaired) electrons. The number of amides is 1. The second kappa shape index (κ2) is 8.89. The largest absolute Gasteiger partial charge is 0.379 e. The van der Waals surface area contributed by atoms with Crippen molar-refractivity contribution in [1.29, 1.82) is 0 Å². The molecule has 0 unspecified atom stereocenters. The molecule has 5 rings (SSSR count). The number of rotatable bonds is 5. The summed E-state index contributed by atoms with van der Waals surface area (Å²) in [7, 11) is 0. The number of fused-ring (bicyclic) bond motifs is 1. The van der Waals surface area contributed by atoms with Gasteiger partial charge in [-0.3, -0.25) is 20.0 Å². The summed E-state index contributed by atoms with van der Waals surface area (Å²) in [4.78, 5) is 28.9. The van der Waals surface area contributed by atoms with E-state index in [9.17, 15) is 4.79 Å². The number of thiazole rings is 1. The van der Waals surface area contributed by atoms with Gasteiger partial charge in [-0.1, -0.05) is 18.2 Å². The number of anilines is 1. The van der Waals surface area contributed by atoms with Gasteiger partial charge in [-0.05, 0) is 24.3 Å². The number of carbonyl (C=O) groups is 1. The van der Waals surface area contributed by atoms with Crippen LogP contribution in [0, 0.1) is 0 Å². The van der Waals surface area contributed by atoms with Crippen LogP contribution in [0.3, 0.4) is 0 Å². The number of aromatic nitrogens is 3. The lowest BCUT2D eigenvalue weighted by atomic mass is 10.1. The lowest BCUT2D eigenvalue weighted by molar-refractivity contribution is 0.0337. The van der Waals surface area contributed by atoms with Gasteiger partial charge in [0.05, 0.1) is 35.7 Å². The number of hydrogen-bond donors (Lipinski definition) is 1. The van der Waals surface area contributed by atoms with E-state index in [1.165, 1.54) is 11.3 Å². The molecule has 8 heteroatoms. The van der Waals surface area contributed by atoms with Crippen LogP contribution in [0.1, 0.15) is 16.1 Å². The van der Waals surface area contributed by atoms with Gasteiger partial charge in [-0.2, -0.15) is 0 Å². The van der Waals surface area contributed by atoms with Gasteiger partial charge in [0.1, 0.15) is 0 Å². The summed E-state index contributed by atoms with van der Waals surface area (Å²) in [5, 5.41) is 6.43. The van der Waals surface area contributed by atoms with Crippen molar-refractivity contribution in [3.63, 3.8) is 0 Å². The third-order valence-electron chi connectivity index (χ3n) is 5.18. The number of ether oxygens (including phenoxy) is 1. The number of carbonyl (C=O) groups excluding carboxylic acids is 1. The first-order valence-electron chi connectivity index (χ1n) is 10.1. The summed E-state index contributed by atoms with van der Waals surface area (Å²) < 4.78 is 5.39. The Morgan fingerprint density at radius 2 is 2.00 bits per heavy atom. The fraction of sp³-hybridized carbons (Fsp3) is 0.217. The molecule has 1 amide bonds. The lowest BCUT2D eigenvalue weighted by Crippen LogP contribution is -2.35. The highest BCUT2D eigenvalue weighted by Crippen LogP contribution is 2.24. The highest BCUT2D eigenvalue weighted by atomic mass is 32.1. The maximum Gasteiger partial charge on any atom is 0.259 e. The lowest BCUT2D eigenvalue weighted by Gasteiger charge is -2.25. The maximum atomic E-state index is 13.1. The van der Waals surface area contributed by atoms with Gasteiger partial charge in [-0.25, -0.2) is 9.97 Å². The second-order valence-corrected chi connectivity index (χ2v) is 8.16. The molecule has 1 aliphatic rings. The summed E-state index contributed by atoms with van der Waals surface area (Å²) in [5.74, 6) is -0.214. The van der Waals surface area contributed by atoms with Crippen molar-refractivity contribution in [2.24, 2.45) is 0 Å². The Morgan fingerprint density at radius 1 is 1.10 bits per heavy atom. The van der Waals surface area contributed by atoms with Crippen LogP contribution in [0.2, 0.25) is 0 Å². The second-order valence-electron chi connectivity index (χ2n) is 7.30. The maximum absolute atomic E-state index is 13.1. The minimum Gasteiger partial charge on any atom is -0.379 e. The average Bonchev–Trinajstić information content (AvgIpc) is 3.26. The highest BCUT2D eigenvalue weighted by Gasteiger charge is 2.16. The Kier molecular flexibility index (Phi) is 5.66. The number of benzene rings is 1. The van der Waals surface area contributed by atoms with Gasteiger partial charge in [0.25, 0.3) is 5.91 Å². The summed E-state index contributed by atoms with van der Waals surface area (Å²) >= 11 is 1.44. The van der Waals surface area contributed by atoms with E-state index in [-0.39, 0.29) is 5.91 Å². The minimum atomic E-state index is -0.214. The van der Waals surface area contributed by atoms with Crippen molar-refractivity contribution in [2.75, 3.05) is 31.6 Å². The first-order valence-corrected chi connectivity index (χ1v) is 11.0. The molecule has 156 valence electrons. The Balaban J connectivity index is 1.37. The zero-order valence-electron chi connectivity index (χ0n) is 16.8. The molecule has 1 aliphatic heterocycles. The fourth-order valence-electron chi connectivity index (χ4n) is 3.60. The van der Waals surface area contributed by atoms with Crippen LogP contribution in [0.5, 0.6) is 0 Å². The molecule has 4 heterocycles. The van der Waals surface area contributed by atoms with Crippen LogP contribution in [0.15, 0.2) is 60.2 Å². The molecule has 0 aliphatic carbocycles. The van der Waals surface area contributed by atoms with E-state index >= 15 is 0 Å². The third-order valence-corrected chi connectivity index (χ3v) is 5.99. The van der Waals surface area contributed by atoms with E-state index < -0.39 is 0 Å². The summed E-state index contributed by atoms with van der Waals surface area (Å²) in [6, 6.07) is 13.4. The number of nitrogens with zero attached hydrogens (tertiary/aromatic N) is 4. The molecule has 7 nitrogen and oxygen atoms in total. The van der Waals surface area contributed by atoms with Crippen molar-refractivity contribution in [3.8, 4) is 11.3 Å². The van der Waals surface area contributed by atoms with Crippen molar-refractivity contribution in [3.05, 3.63) is 71.5 Å². The number of hydrogen-bond acceptors (Lipinski definition) is 7. The Labute approximate surface area is 183 Å². The van der Waals surface area contributed by atoms with Crippen molar-refractivity contribution < 1.29 is 9.53 Å². The molecular weight excluding hydrogens is 410 g/mol. The van der Waals surface area contributed by atoms with Gasteiger partial charge >= 0.3 is 0 Å². The molecule has 1 N–H and O–H groups in total. The summed E-state index contributed by atoms with van der Waals surface area (Å²) in [5.41, 5.74) is 3.83. The quantitative estimate of drug-likeness (QED) is 0.517. The van der Waals surface area contributed by atoms with E-state index in [1.807, 2.05) is 41.8 Å². The monoisotopic (exact) mass is 431 g/mol. The van der Waals surface area contributed by atoms with Crippen LogP contribution in [0.4, 0.5) is 5.13 Å². The zero-order chi connectivity index (χ0) is 21.0. The highest BCUT2D eigenvalue weighted by molar-refractivity contribution is 7.14. The predicted molar refractivity (Wildman–Crippen MR) is 121 cm³/mol. The Hall–Kier alpha value is -3.20. The molecule has 4 aromatic rings. The summed E-state index contributed by atoms with van der Waals surface area (Å²) in [6.07, 6.45) is 3.49. The van der Waals surface area contributed by atoms with Crippen LogP contribution in [-0.2, 0) is 11.3 Å². The molecule has 1 saturated heterocycles. The SMILES string of the molecule is O=C(Nc1nc(CN2CCOCC2)cs1)c1cccc2ccc(-c3cccnc3)nc12. The number of pyridine rings is 2. The molecule has 0 spiro atoms. The van der Waals surface area contributed by atoms with E-state index in [2.05, 4.69) is 20.2 Å². The molecule has 1 fully saturated rings. The van der Waals surface area contributed by atoms with Crippen LogP contribution in [-0.4, -0.2) is 52.1 Å². The van der Waals surface area contributed by atoms with E-state index in [1.54, 1.807) is 18.5 Å². The van der Waals surface area contributed by atoms with Crippen molar-refractivity contribution >= 4 is 33.3 Å². The smallest absolute Gasteiger partial charge is 0.259 e.